The first-order valence-corrected chi connectivity index (χ1v) is 33.0. The van der Waals surface area contributed by atoms with Gasteiger partial charge in [0.15, 0.2) is 6.10 Å². The van der Waals surface area contributed by atoms with Crippen LogP contribution >= 0.6 is 7.82 Å². The van der Waals surface area contributed by atoms with Crippen molar-refractivity contribution in [2.24, 2.45) is 0 Å². The first kappa shape index (κ1) is 77.1. The molecule has 9 nitrogen and oxygen atoms in total. The number of likely N-dealkylation sites (N-methyl/N-ethyl adjacent to an activating group) is 1. The predicted molar refractivity (Wildman–Crippen MR) is 352 cm³/mol. The van der Waals surface area contributed by atoms with Gasteiger partial charge in [-0.05, 0) is 135 Å². The van der Waals surface area contributed by atoms with Crippen LogP contribution in [0.25, 0.3) is 0 Å². The molecule has 0 radical (unpaired) electrons. The number of unbranched alkanes of at least 4 members (excludes halogenated alkanes) is 11. The van der Waals surface area contributed by atoms with Gasteiger partial charge in [0.25, 0.3) is 0 Å². The number of quaternary nitrogens is 1. The minimum absolute atomic E-state index is 0.0143. The van der Waals surface area contributed by atoms with Gasteiger partial charge in [-0.2, -0.15) is 0 Å². The van der Waals surface area contributed by atoms with E-state index in [2.05, 4.69) is 196 Å². The Hall–Kier alpha value is -4.89. The van der Waals surface area contributed by atoms with E-state index in [4.69, 9.17) is 18.5 Å². The minimum Gasteiger partial charge on any atom is -0.462 e. The van der Waals surface area contributed by atoms with E-state index >= 15 is 0 Å². The fourth-order valence-corrected chi connectivity index (χ4v) is 8.40. The number of phosphoric acid groups is 1. The molecule has 0 saturated carbocycles. The molecule has 0 aliphatic rings. The monoisotopic (exact) mass is 1150 g/mol. The van der Waals surface area contributed by atoms with E-state index in [0.29, 0.717) is 23.9 Å². The Bertz CT molecular complexity index is 2030. The molecule has 0 saturated heterocycles. The van der Waals surface area contributed by atoms with Crippen molar-refractivity contribution in [1.29, 1.82) is 0 Å². The van der Waals surface area contributed by atoms with Gasteiger partial charge in [-0.25, -0.2) is 4.57 Å². The zero-order valence-electron chi connectivity index (χ0n) is 52.1. The molecule has 82 heavy (non-hydrogen) atoms. The molecule has 0 spiro atoms. The highest BCUT2D eigenvalue weighted by Gasteiger charge is 2.27. The molecule has 0 aliphatic heterocycles. The van der Waals surface area contributed by atoms with E-state index in [0.717, 1.165) is 167 Å². The number of rotatable bonds is 55. The largest absolute Gasteiger partial charge is 0.472 e. The molecule has 0 amide bonds. The molecule has 0 bridgehead atoms. The molecule has 0 aliphatic carbocycles. The molecule has 0 aromatic carbocycles. The van der Waals surface area contributed by atoms with Gasteiger partial charge in [-0.3, -0.25) is 18.6 Å². The SMILES string of the molecule is CC/C=C\C/C=C\C/C=C\C/C=C\C/C=C\C/C=C\C/C=C\C/C=C\C/C=C\C/C=C\C/C=C\CCCCCCCC(=O)OC(COC(=O)CCCCCCCC/C=C\C/C=C\C/C=C\C/C=C\CC)COP(=O)(O)OCC[N+](C)(C)C. The van der Waals surface area contributed by atoms with Crippen molar-refractivity contribution < 1.29 is 42.1 Å². The number of hydrogen-bond donors (Lipinski definition) is 1. The zero-order chi connectivity index (χ0) is 59.8. The van der Waals surface area contributed by atoms with Crippen molar-refractivity contribution in [2.75, 3.05) is 47.5 Å². The van der Waals surface area contributed by atoms with Crippen molar-refractivity contribution in [3.05, 3.63) is 182 Å². The number of esters is 2. The van der Waals surface area contributed by atoms with Crippen molar-refractivity contribution in [3.63, 3.8) is 0 Å². The summed E-state index contributed by atoms with van der Waals surface area (Å²) in [7, 11) is 1.42. The lowest BCUT2D eigenvalue weighted by atomic mass is 10.1. The molecule has 0 rings (SSSR count). The Morgan fingerprint density at radius 3 is 0.976 bits per heavy atom. The number of carbonyl (C=O) groups is 2. The zero-order valence-corrected chi connectivity index (χ0v) is 53.0. The summed E-state index contributed by atoms with van der Waals surface area (Å²) < 4.78 is 34.5. The lowest BCUT2D eigenvalue weighted by molar-refractivity contribution is -0.870. The Morgan fingerprint density at radius 1 is 0.378 bits per heavy atom. The molecule has 0 heterocycles. The molecule has 0 aromatic heterocycles. The number of allylic oxidation sites excluding steroid dienone is 30. The molecule has 1 N–H and O–H groups in total. The number of carbonyl (C=O) groups excluding carboxylic acids is 2. The predicted octanol–water partition coefficient (Wildman–Crippen LogP) is 20.4. The van der Waals surface area contributed by atoms with E-state index in [-0.39, 0.29) is 26.1 Å². The van der Waals surface area contributed by atoms with Crippen molar-refractivity contribution in [2.45, 2.75) is 213 Å². The second kappa shape index (κ2) is 60.7. The summed E-state index contributed by atoms with van der Waals surface area (Å²) in [6.07, 6.45) is 94.0. The summed E-state index contributed by atoms with van der Waals surface area (Å²) in [5, 5.41) is 0. The molecule has 460 valence electrons. The number of ether oxygens (including phenoxy) is 2. The smallest absolute Gasteiger partial charge is 0.462 e. The van der Waals surface area contributed by atoms with Crippen molar-refractivity contribution in [3.8, 4) is 0 Å². The third-order valence-corrected chi connectivity index (χ3v) is 13.4. The lowest BCUT2D eigenvalue weighted by Crippen LogP contribution is -2.37. The maximum atomic E-state index is 12.8. The van der Waals surface area contributed by atoms with Crippen LogP contribution in [-0.2, 0) is 32.7 Å². The van der Waals surface area contributed by atoms with E-state index in [1.54, 1.807) is 0 Å². The topological polar surface area (TPSA) is 108 Å². The molecular weight excluding hydrogens is 1040 g/mol. The highest BCUT2D eigenvalue weighted by atomic mass is 31.2. The van der Waals surface area contributed by atoms with Crippen LogP contribution in [0, 0.1) is 0 Å². The Balaban J connectivity index is 4.23. The van der Waals surface area contributed by atoms with Crippen LogP contribution in [-0.4, -0.2) is 74.9 Å². The molecule has 2 unspecified atom stereocenters. The molecule has 0 aromatic rings. The summed E-state index contributed by atoms with van der Waals surface area (Å²) in [4.78, 5) is 35.7. The van der Waals surface area contributed by atoms with Crippen LogP contribution in [0.4, 0.5) is 0 Å². The second-order valence-corrected chi connectivity index (χ2v) is 22.8. The van der Waals surface area contributed by atoms with Gasteiger partial charge in [-0.1, -0.05) is 241 Å². The standard InChI is InChI=1S/C72H114NO8P/c1-6-8-10-12-14-16-18-20-22-24-26-27-28-29-30-31-32-33-34-35-36-37-38-39-40-41-42-43-44-45-47-49-51-53-55-57-59-61-63-65-72(75)81-70(69-80-82(76,77)79-67-66-73(3,4)5)68-78-71(74)64-62-60-58-56-54-52-50-48-46-25-23-21-19-17-15-13-11-9-7-2/h8-11,14-17,20-23,26-27,29-30,32-33,35-36,38-39,41-42,44-46,48-49,51,70H,6-7,12-13,18-19,24-25,28,31,34,37,40,43,47,50,52-69H2,1-5H3/p+1/b10-8-,11-9-,16-14-,17-15-,22-20-,23-21-,27-26-,30-29-,33-32-,36-35-,39-38-,42-41-,45-44-,48-46-,51-49-. The van der Waals surface area contributed by atoms with Crippen LogP contribution in [0.5, 0.6) is 0 Å². The first-order chi connectivity index (χ1) is 40.0. The van der Waals surface area contributed by atoms with Gasteiger partial charge in [0.1, 0.15) is 19.8 Å². The fourth-order valence-electron chi connectivity index (χ4n) is 7.66. The first-order valence-electron chi connectivity index (χ1n) is 31.5. The third-order valence-electron chi connectivity index (χ3n) is 12.4. The quantitative estimate of drug-likeness (QED) is 0.0211. The number of phosphoric ester groups is 1. The molecule has 10 heteroatoms. The highest BCUT2D eigenvalue weighted by Crippen LogP contribution is 2.43. The van der Waals surface area contributed by atoms with Crippen molar-refractivity contribution >= 4 is 19.8 Å². The summed E-state index contributed by atoms with van der Waals surface area (Å²) in [5.41, 5.74) is 0. The summed E-state index contributed by atoms with van der Waals surface area (Å²) in [5.74, 6) is -0.852. The Kier molecular flexibility index (Phi) is 57.1. The van der Waals surface area contributed by atoms with Gasteiger partial charge < -0.3 is 18.9 Å². The van der Waals surface area contributed by atoms with Gasteiger partial charge in [0.2, 0.25) is 0 Å². The van der Waals surface area contributed by atoms with Crippen LogP contribution < -0.4 is 0 Å². The average Bonchev–Trinajstić information content (AvgIpc) is 3.46. The summed E-state index contributed by atoms with van der Waals surface area (Å²) in [6, 6.07) is 0. The van der Waals surface area contributed by atoms with E-state index < -0.39 is 32.5 Å². The highest BCUT2D eigenvalue weighted by molar-refractivity contribution is 7.47. The van der Waals surface area contributed by atoms with E-state index in [9.17, 15) is 19.0 Å². The summed E-state index contributed by atoms with van der Waals surface area (Å²) in [6.45, 7) is 4.13. The van der Waals surface area contributed by atoms with Gasteiger partial charge in [-0.15, -0.1) is 0 Å². The van der Waals surface area contributed by atoms with E-state index in [1.165, 1.54) is 0 Å². The van der Waals surface area contributed by atoms with Gasteiger partial charge in [0.05, 0.1) is 27.7 Å². The van der Waals surface area contributed by atoms with Gasteiger partial charge >= 0.3 is 19.8 Å². The normalized spacial score (nSPS) is 14.5. The van der Waals surface area contributed by atoms with Crippen LogP contribution in [0.1, 0.15) is 206 Å². The lowest BCUT2D eigenvalue weighted by Gasteiger charge is -2.24. The average molecular weight is 1150 g/mol. The Morgan fingerprint density at radius 2 is 0.659 bits per heavy atom. The number of hydrogen-bond acceptors (Lipinski definition) is 7. The third kappa shape index (κ3) is 64.3. The molecular formula is C72H115NO8P+. The van der Waals surface area contributed by atoms with E-state index in [1.807, 2.05) is 21.1 Å². The fraction of sp³-hybridized carbons (Fsp3) is 0.556. The second-order valence-electron chi connectivity index (χ2n) is 21.3. The summed E-state index contributed by atoms with van der Waals surface area (Å²) >= 11 is 0. The van der Waals surface area contributed by atoms with Crippen LogP contribution in [0.15, 0.2) is 182 Å². The maximum absolute atomic E-state index is 12.8. The van der Waals surface area contributed by atoms with Crippen LogP contribution in [0.2, 0.25) is 0 Å². The minimum atomic E-state index is -4.41. The molecule has 0 fully saturated rings. The van der Waals surface area contributed by atoms with Crippen molar-refractivity contribution in [1.82, 2.24) is 0 Å². The Labute approximate surface area is 501 Å². The van der Waals surface area contributed by atoms with Gasteiger partial charge in [0, 0.05) is 12.8 Å². The molecule has 2 atom stereocenters. The number of nitrogens with zero attached hydrogens (tertiary/aromatic N) is 1. The van der Waals surface area contributed by atoms with Crippen LogP contribution in [0.3, 0.4) is 0 Å². The maximum Gasteiger partial charge on any atom is 0.472 e.